The number of hydrogen-bond donors (Lipinski definition) is 0. The van der Waals surface area contributed by atoms with Crippen LogP contribution in [0.1, 0.15) is 36.2 Å². The summed E-state index contributed by atoms with van der Waals surface area (Å²) in [5, 5.41) is 9.18. The summed E-state index contributed by atoms with van der Waals surface area (Å²) in [4.78, 5) is 18.5. The van der Waals surface area contributed by atoms with Gasteiger partial charge < -0.3 is 9.80 Å². The van der Waals surface area contributed by atoms with Crippen LogP contribution in [0.15, 0.2) is 30.3 Å². The predicted molar refractivity (Wildman–Crippen MR) is 87.9 cm³/mol. The quantitative estimate of drug-likeness (QED) is 0.871. The molecule has 0 radical (unpaired) electrons. The molecule has 0 saturated carbocycles. The summed E-state index contributed by atoms with van der Waals surface area (Å²) >= 11 is 0. The van der Waals surface area contributed by atoms with Gasteiger partial charge in [-0.05, 0) is 37.8 Å². The van der Waals surface area contributed by atoms with Gasteiger partial charge in [0.15, 0.2) is 11.5 Å². The second-order valence-electron chi connectivity index (χ2n) is 6.19. The highest BCUT2D eigenvalue weighted by atomic mass is 16.2. The van der Waals surface area contributed by atoms with Crippen LogP contribution in [-0.2, 0) is 0 Å². The van der Waals surface area contributed by atoms with E-state index in [0.717, 1.165) is 63.4 Å². The second kappa shape index (κ2) is 6.02. The van der Waals surface area contributed by atoms with Crippen LogP contribution >= 0.6 is 0 Å². The lowest BCUT2D eigenvalue weighted by molar-refractivity contribution is 0.0787. The first kappa shape index (κ1) is 14.2. The minimum atomic E-state index is 0.0200. The third-order valence-electron chi connectivity index (χ3n) is 4.58. The van der Waals surface area contributed by atoms with E-state index in [0.29, 0.717) is 5.69 Å². The fourth-order valence-corrected chi connectivity index (χ4v) is 3.33. The lowest BCUT2D eigenvalue weighted by atomic mass is 10.3. The normalized spacial score (nSPS) is 17.9. The van der Waals surface area contributed by atoms with Gasteiger partial charge in [0.05, 0.1) is 5.69 Å². The van der Waals surface area contributed by atoms with Gasteiger partial charge >= 0.3 is 0 Å². The van der Waals surface area contributed by atoms with Crippen molar-refractivity contribution in [3.63, 3.8) is 0 Å². The lowest BCUT2D eigenvalue weighted by Crippen LogP contribution is -2.30. The van der Waals surface area contributed by atoms with Crippen molar-refractivity contribution in [2.24, 2.45) is 0 Å². The summed E-state index contributed by atoms with van der Waals surface area (Å²) in [6, 6.07) is 9.78. The maximum Gasteiger partial charge on any atom is 0.278 e. The fraction of sp³-hybridized carbons (Fsp3) is 0.471. The van der Waals surface area contributed by atoms with E-state index < -0.39 is 0 Å². The molecule has 0 N–H and O–H groups in total. The molecular weight excluding hydrogens is 290 g/mol. The van der Waals surface area contributed by atoms with Gasteiger partial charge in [0.1, 0.15) is 0 Å². The van der Waals surface area contributed by atoms with Crippen molar-refractivity contribution >= 4 is 11.7 Å². The first-order valence-corrected chi connectivity index (χ1v) is 8.40. The number of rotatable bonds is 3. The van der Waals surface area contributed by atoms with Gasteiger partial charge in [0, 0.05) is 26.2 Å². The number of amides is 1. The van der Waals surface area contributed by atoms with E-state index in [1.807, 2.05) is 35.2 Å². The van der Waals surface area contributed by atoms with E-state index in [2.05, 4.69) is 15.1 Å². The Morgan fingerprint density at radius 1 is 0.870 bits per heavy atom. The highest BCUT2D eigenvalue weighted by Crippen LogP contribution is 2.24. The van der Waals surface area contributed by atoms with E-state index in [9.17, 15) is 4.79 Å². The molecule has 2 aliphatic rings. The first-order chi connectivity index (χ1) is 11.3. The third-order valence-corrected chi connectivity index (χ3v) is 4.58. The van der Waals surface area contributed by atoms with Crippen molar-refractivity contribution in [2.75, 3.05) is 31.1 Å². The van der Waals surface area contributed by atoms with Gasteiger partial charge in [-0.25, -0.2) is 0 Å². The van der Waals surface area contributed by atoms with E-state index in [-0.39, 0.29) is 5.91 Å². The van der Waals surface area contributed by atoms with Crippen LogP contribution in [-0.4, -0.2) is 52.0 Å². The molecule has 1 amide bonds. The van der Waals surface area contributed by atoms with Crippen molar-refractivity contribution in [3.8, 4) is 5.69 Å². The Labute approximate surface area is 135 Å². The maximum atomic E-state index is 12.9. The van der Waals surface area contributed by atoms with Crippen LogP contribution in [0.2, 0.25) is 0 Å². The fourth-order valence-electron chi connectivity index (χ4n) is 3.33. The Bertz CT molecular complexity index is 684. The van der Waals surface area contributed by atoms with Gasteiger partial charge in [-0.15, -0.1) is 15.0 Å². The first-order valence-electron chi connectivity index (χ1n) is 8.40. The Morgan fingerprint density at radius 3 is 2.22 bits per heavy atom. The number of likely N-dealkylation sites (tertiary alicyclic amines) is 1. The van der Waals surface area contributed by atoms with Crippen molar-refractivity contribution in [2.45, 2.75) is 25.7 Å². The summed E-state index contributed by atoms with van der Waals surface area (Å²) in [5.41, 5.74) is 1.38. The Hall–Kier alpha value is -2.37. The lowest BCUT2D eigenvalue weighted by Gasteiger charge is -2.18. The zero-order valence-corrected chi connectivity index (χ0v) is 13.2. The predicted octanol–water partition coefficient (Wildman–Crippen LogP) is 2.10. The largest absolute Gasteiger partial charge is 0.353 e. The van der Waals surface area contributed by atoms with Crippen molar-refractivity contribution < 1.29 is 4.79 Å². The Balaban J connectivity index is 1.73. The van der Waals surface area contributed by atoms with Gasteiger partial charge in [0.25, 0.3) is 5.91 Å². The topological polar surface area (TPSA) is 54.3 Å². The molecule has 3 heterocycles. The standard InChI is InChI=1S/C17H21N5O/c23-17(21-12-6-7-13-21)15-16(20-10-4-5-11-20)19-22(18-15)14-8-2-1-3-9-14/h1-3,8-9H,4-7,10-13H2. The van der Waals surface area contributed by atoms with Crippen LogP contribution in [0, 0.1) is 0 Å². The zero-order valence-electron chi connectivity index (χ0n) is 13.2. The highest BCUT2D eigenvalue weighted by Gasteiger charge is 2.30. The SMILES string of the molecule is O=C(c1nn(-c2ccccc2)nc1N1CCCC1)N1CCCC1. The number of carbonyl (C=O) groups is 1. The summed E-state index contributed by atoms with van der Waals surface area (Å²) in [6.45, 7) is 3.56. The Morgan fingerprint density at radius 2 is 1.52 bits per heavy atom. The molecule has 1 aromatic carbocycles. The summed E-state index contributed by atoms with van der Waals surface area (Å²) in [7, 11) is 0. The van der Waals surface area contributed by atoms with Crippen LogP contribution < -0.4 is 4.90 Å². The van der Waals surface area contributed by atoms with Crippen LogP contribution in [0.3, 0.4) is 0 Å². The van der Waals surface area contributed by atoms with Crippen LogP contribution in [0.4, 0.5) is 5.82 Å². The highest BCUT2D eigenvalue weighted by molar-refractivity contribution is 5.97. The minimum Gasteiger partial charge on any atom is -0.353 e. The van der Waals surface area contributed by atoms with Crippen molar-refractivity contribution in [3.05, 3.63) is 36.0 Å². The van der Waals surface area contributed by atoms with Gasteiger partial charge in [0.2, 0.25) is 0 Å². The second-order valence-corrected chi connectivity index (χ2v) is 6.19. The van der Waals surface area contributed by atoms with E-state index in [1.54, 1.807) is 4.80 Å². The molecule has 4 rings (SSSR count). The molecule has 6 heteroatoms. The average Bonchev–Trinajstić information content (AvgIpc) is 3.35. The molecule has 2 aliphatic heterocycles. The third kappa shape index (κ3) is 2.69. The van der Waals surface area contributed by atoms with Gasteiger partial charge in [-0.2, -0.15) is 0 Å². The zero-order chi connectivity index (χ0) is 15.6. The molecule has 0 atom stereocenters. The molecule has 1 aromatic heterocycles. The van der Waals surface area contributed by atoms with E-state index in [1.165, 1.54) is 0 Å². The molecular formula is C17H21N5O. The number of nitrogens with zero attached hydrogens (tertiary/aromatic N) is 5. The number of benzene rings is 1. The monoisotopic (exact) mass is 311 g/mol. The summed E-state index contributed by atoms with van der Waals surface area (Å²) in [5.74, 6) is 0.759. The van der Waals surface area contributed by atoms with Gasteiger partial charge in [-0.3, -0.25) is 4.79 Å². The number of carbonyl (C=O) groups excluding carboxylic acids is 1. The molecule has 0 bridgehead atoms. The molecule has 2 fully saturated rings. The van der Waals surface area contributed by atoms with Crippen molar-refractivity contribution in [1.82, 2.24) is 19.9 Å². The number of hydrogen-bond acceptors (Lipinski definition) is 4. The number of anilines is 1. The summed E-state index contributed by atoms with van der Waals surface area (Å²) in [6.07, 6.45) is 4.46. The van der Waals surface area contributed by atoms with Gasteiger partial charge in [-0.1, -0.05) is 18.2 Å². The molecule has 6 nitrogen and oxygen atoms in total. The molecule has 0 aliphatic carbocycles. The minimum absolute atomic E-state index is 0.0200. The van der Waals surface area contributed by atoms with E-state index >= 15 is 0 Å². The van der Waals surface area contributed by atoms with E-state index in [4.69, 9.17) is 0 Å². The smallest absolute Gasteiger partial charge is 0.278 e. The molecule has 2 saturated heterocycles. The van der Waals surface area contributed by atoms with Crippen LogP contribution in [0.5, 0.6) is 0 Å². The molecule has 23 heavy (non-hydrogen) atoms. The molecule has 0 unspecified atom stereocenters. The number of para-hydroxylation sites is 1. The Kier molecular flexibility index (Phi) is 3.73. The molecule has 120 valence electrons. The molecule has 0 spiro atoms. The van der Waals surface area contributed by atoms with Crippen molar-refractivity contribution in [1.29, 1.82) is 0 Å². The van der Waals surface area contributed by atoms with Crippen LogP contribution in [0.25, 0.3) is 5.69 Å². The molecule has 2 aromatic rings. The maximum absolute atomic E-state index is 12.9. The number of aromatic nitrogens is 3. The average molecular weight is 311 g/mol. The summed E-state index contributed by atoms with van der Waals surface area (Å²) < 4.78 is 0.